The number of aryl methyl sites for hydroxylation is 1. The van der Waals surface area contributed by atoms with Crippen molar-refractivity contribution in [3.8, 4) is 5.75 Å². The number of aliphatic carboxylic acids is 1. The van der Waals surface area contributed by atoms with Gasteiger partial charge in [0.15, 0.2) is 0 Å². The van der Waals surface area contributed by atoms with Crippen molar-refractivity contribution >= 4 is 23.6 Å². The van der Waals surface area contributed by atoms with Crippen molar-refractivity contribution in [1.82, 2.24) is 4.90 Å². The fourth-order valence-electron chi connectivity index (χ4n) is 3.73. The van der Waals surface area contributed by atoms with Crippen LogP contribution in [0.25, 0.3) is 0 Å². The molecule has 1 fully saturated rings. The van der Waals surface area contributed by atoms with Crippen LogP contribution < -0.4 is 4.74 Å². The Hall–Kier alpha value is -2.47. The van der Waals surface area contributed by atoms with Crippen LogP contribution in [-0.2, 0) is 21.4 Å². The number of nitrogens with zero attached hydrogens (tertiary/aromatic N) is 1. The summed E-state index contributed by atoms with van der Waals surface area (Å²) in [6.07, 6.45) is 3.52. The van der Waals surface area contributed by atoms with Gasteiger partial charge in [-0.2, -0.15) is 0 Å². The lowest BCUT2D eigenvalue weighted by Crippen LogP contribution is -2.41. The Morgan fingerprint density at radius 2 is 1.77 bits per heavy atom. The summed E-state index contributed by atoms with van der Waals surface area (Å²) < 4.78 is 5.24. The Morgan fingerprint density at radius 1 is 1.07 bits per heavy atom. The standard InChI is InChI=1S/C24H29NO4S/c1-29-21-11-9-20(10-12-21)24(13-14-24)23(28)25(16-17-30-18-22(26)27)15-5-8-19-6-3-2-4-7-19/h2-4,6-7,9-12H,5,8,13-18H2,1H3,(H,26,27). The van der Waals surface area contributed by atoms with Crippen LogP contribution in [0, 0.1) is 0 Å². The highest BCUT2D eigenvalue weighted by Crippen LogP contribution is 2.50. The Bertz CT molecular complexity index is 834. The van der Waals surface area contributed by atoms with Crippen molar-refractivity contribution in [3.05, 3.63) is 65.7 Å². The Balaban J connectivity index is 1.65. The van der Waals surface area contributed by atoms with Crippen molar-refractivity contribution in [2.75, 3.05) is 31.7 Å². The predicted molar refractivity (Wildman–Crippen MR) is 120 cm³/mol. The van der Waals surface area contributed by atoms with E-state index in [9.17, 15) is 9.59 Å². The highest BCUT2D eigenvalue weighted by atomic mass is 32.2. The molecule has 0 spiro atoms. The molecule has 2 aromatic carbocycles. The number of hydrogen-bond acceptors (Lipinski definition) is 4. The van der Waals surface area contributed by atoms with Crippen LogP contribution in [0.5, 0.6) is 5.75 Å². The number of methoxy groups -OCH3 is 1. The molecular formula is C24H29NO4S. The molecule has 5 nitrogen and oxygen atoms in total. The molecular weight excluding hydrogens is 398 g/mol. The van der Waals surface area contributed by atoms with Gasteiger partial charge in [-0.15, -0.1) is 11.8 Å². The average molecular weight is 428 g/mol. The van der Waals surface area contributed by atoms with E-state index >= 15 is 0 Å². The summed E-state index contributed by atoms with van der Waals surface area (Å²) in [7, 11) is 1.64. The van der Waals surface area contributed by atoms with Gasteiger partial charge in [0.1, 0.15) is 5.75 Å². The van der Waals surface area contributed by atoms with E-state index in [1.165, 1.54) is 17.3 Å². The summed E-state index contributed by atoms with van der Waals surface area (Å²) >= 11 is 1.36. The van der Waals surface area contributed by atoms with Gasteiger partial charge in [-0.1, -0.05) is 42.5 Å². The van der Waals surface area contributed by atoms with Crippen LogP contribution in [-0.4, -0.2) is 53.6 Å². The summed E-state index contributed by atoms with van der Waals surface area (Å²) in [5, 5.41) is 8.87. The minimum absolute atomic E-state index is 0.0651. The molecule has 30 heavy (non-hydrogen) atoms. The first-order valence-corrected chi connectivity index (χ1v) is 11.5. The summed E-state index contributed by atoms with van der Waals surface area (Å²) in [5.41, 5.74) is 1.87. The van der Waals surface area contributed by atoms with Gasteiger partial charge in [0.05, 0.1) is 18.3 Å². The van der Waals surface area contributed by atoms with Gasteiger partial charge in [0.25, 0.3) is 0 Å². The molecule has 1 N–H and O–H groups in total. The molecule has 1 aliphatic rings. The van der Waals surface area contributed by atoms with Crippen LogP contribution in [0.15, 0.2) is 54.6 Å². The first-order valence-electron chi connectivity index (χ1n) is 10.3. The molecule has 0 aromatic heterocycles. The first kappa shape index (κ1) is 22.2. The van der Waals surface area contributed by atoms with E-state index in [1.54, 1.807) is 7.11 Å². The highest BCUT2D eigenvalue weighted by Gasteiger charge is 2.52. The minimum atomic E-state index is -0.821. The number of rotatable bonds is 12. The molecule has 2 aromatic rings. The Labute approximate surface area is 182 Å². The van der Waals surface area contributed by atoms with Gasteiger partial charge in [-0.25, -0.2) is 0 Å². The van der Waals surface area contributed by atoms with Crippen LogP contribution in [0.4, 0.5) is 0 Å². The third kappa shape index (κ3) is 5.79. The van der Waals surface area contributed by atoms with E-state index in [2.05, 4.69) is 12.1 Å². The maximum Gasteiger partial charge on any atom is 0.313 e. The molecule has 160 valence electrons. The number of hydrogen-bond donors (Lipinski definition) is 1. The SMILES string of the molecule is COc1ccc(C2(C(=O)N(CCCc3ccccc3)CCSCC(=O)O)CC2)cc1. The van der Waals surface area contributed by atoms with Crippen molar-refractivity contribution < 1.29 is 19.4 Å². The van der Waals surface area contributed by atoms with Crippen molar-refractivity contribution in [2.24, 2.45) is 0 Å². The molecule has 0 heterocycles. The lowest BCUT2D eigenvalue weighted by Gasteiger charge is -2.28. The fourth-order valence-corrected chi connectivity index (χ4v) is 4.40. The molecule has 0 saturated heterocycles. The number of ether oxygens (including phenoxy) is 1. The third-order valence-electron chi connectivity index (χ3n) is 5.56. The van der Waals surface area contributed by atoms with Gasteiger partial charge in [-0.05, 0) is 48.9 Å². The normalized spacial score (nSPS) is 14.2. The zero-order chi connectivity index (χ0) is 21.4. The zero-order valence-corrected chi connectivity index (χ0v) is 18.2. The zero-order valence-electron chi connectivity index (χ0n) is 17.4. The van der Waals surface area contributed by atoms with Crippen molar-refractivity contribution in [1.29, 1.82) is 0 Å². The number of carbonyl (C=O) groups is 2. The molecule has 1 amide bonds. The van der Waals surface area contributed by atoms with E-state index < -0.39 is 11.4 Å². The fraction of sp³-hybridized carbons (Fsp3) is 0.417. The molecule has 0 aliphatic heterocycles. The largest absolute Gasteiger partial charge is 0.497 e. The lowest BCUT2D eigenvalue weighted by atomic mass is 9.94. The molecule has 6 heteroatoms. The average Bonchev–Trinajstić information content (AvgIpc) is 3.57. The van der Waals surface area contributed by atoms with Crippen LogP contribution in [0.1, 0.15) is 30.4 Å². The summed E-state index contributed by atoms with van der Waals surface area (Å²) in [6.45, 7) is 1.25. The topological polar surface area (TPSA) is 66.8 Å². The number of carboxylic acids is 1. The maximum atomic E-state index is 13.5. The van der Waals surface area contributed by atoms with Crippen molar-refractivity contribution in [2.45, 2.75) is 31.1 Å². The van der Waals surface area contributed by atoms with E-state index in [-0.39, 0.29) is 11.7 Å². The number of amides is 1. The first-order chi connectivity index (χ1) is 14.5. The third-order valence-corrected chi connectivity index (χ3v) is 6.48. The van der Waals surface area contributed by atoms with Gasteiger partial charge >= 0.3 is 5.97 Å². The Kier molecular flexibility index (Phi) is 7.80. The number of carbonyl (C=O) groups excluding carboxylic acids is 1. The number of thioether (sulfide) groups is 1. The van der Waals surface area contributed by atoms with Gasteiger partial charge < -0.3 is 14.7 Å². The van der Waals surface area contributed by atoms with Crippen LogP contribution >= 0.6 is 11.8 Å². The molecule has 1 saturated carbocycles. The summed E-state index contributed by atoms with van der Waals surface area (Å²) in [4.78, 5) is 26.3. The molecule has 0 unspecified atom stereocenters. The second kappa shape index (κ2) is 10.5. The second-order valence-corrected chi connectivity index (χ2v) is 8.74. The van der Waals surface area contributed by atoms with E-state index in [0.29, 0.717) is 18.8 Å². The van der Waals surface area contributed by atoms with Gasteiger partial charge in [-0.3, -0.25) is 9.59 Å². The molecule has 1 aliphatic carbocycles. The predicted octanol–water partition coefficient (Wildman–Crippen LogP) is 4.01. The van der Waals surface area contributed by atoms with E-state index in [4.69, 9.17) is 9.84 Å². The van der Waals surface area contributed by atoms with Gasteiger partial charge in [0, 0.05) is 18.8 Å². The maximum absolute atomic E-state index is 13.5. The monoisotopic (exact) mass is 427 g/mol. The van der Waals surface area contributed by atoms with Gasteiger partial charge in [0.2, 0.25) is 5.91 Å². The quantitative estimate of drug-likeness (QED) is 0.519. The van der Waals surface area contributed by atoms with E-state index in [1.807, 2.05) is 47.4 Å². The Morgan fingerprint density at radius 3 is 2.37 bits per heavy atom. The lowest BCUT2D eigenvalue weighted by molar-refractivity contribution is -0.134. The minimum Gasteiger partial charge on any atom is -0.497 e. The molecule has 0 radical (unpaired) electrons. The van der Waals surface area contributed by atoms with Crippen LogP contribution in [0.2, 0.25) is 0 Å². The van der Waals surface area contributed by atoms with E-state index in [0.717, 1.165) is 37.0 Å². The highest BCUT2D eigenvalue weighted by molar-refractivity contribution is 7.99. The molecule has 3 rings (SSSR count). The second-order valence-electron chi connectivity index (χ2n) is 7.64. The number of benzene rings is 2. The summed E-state index contributed by atoms with van der Waals surface area (Å²) in [5.74, 6) is 0.819. The van der Waals surface area contributed by atoms with Crippen LogP contribution in [0.3, 0.4) is 0 Å². The molecule has 0 bridgehead atoms. The van der Waals surface area contributed by atoms with Crippen molar-refractivity contribution in [3.63, 3.8) is 0 Å². The smallest absolute Gasteiger partial charge is 0.313 e. The summed E-state index contributed by atoms with van der Waals surface area (Å²) in [6, 6.07) is 18.1. The number of carboxylic acid groups (broad SMARTS) is 1. The molecule has 0 atom stereocenters.